The van der Waals surface area contributed by atoms with Crippen LogP contribution in [0.4, 0.5) is 5.69 Å². The summed E-state index contributed by atoms with van der Waals surface area (Å²) in [5, 5.41) is 7.61. The van der Waals surface area contributed by atoms with Gasteiger partial charge in [-0.15, -0.1) is 0 Å². The molecule has 6 nitrogen and oxygen atoms in total. The van der Waals surface area contributed by atoms with Crippen molar-refractivity contribution in [3.8, 4) is 0 Å². The fourth-order valence-electron chi connectivity index (χ4n) is 1.66. The molecule has 112 valence electrons. The molecular weight excluding hydrogens is 312 g/mol. The van der Waals surface area contributed by atoms with E-state index in [4.69, 9.17) is 9.56 Å². The van der Waals surface area contributed by atoms with Crippen LogP contribution in [0.15, 0.2) is 45.7 Å². The SMILES string of the molecule is CSCc1ccc(C(=O)Nc2cccc(S(N)(=O)=O)c2)o1. The maximum absolute atomic E-state index is 12.0. The number of benzene rings is 1. The summed E-state index contributed by atoms with van der Waals surface area (Å²) in [6.07, 6.45) is 1.93. The molecule has 0 saturated carbocycles. The molecule has 0 spiro atoms. The van der Waals surface area contributed by atoms with Crippen molar-refractivity contribution in [2.45, 2.75) is 10.6 Å². The average Bonchev–Trinajstić information content (AvgIpc) is 2.87. The molecule has 0 bridgehead atoms. The smallest absolute Gasteiger partial charge is 0.291 e. The van der Waals surface area contributed by atoms with Crippen LogP contribution in [0, 0.1) is 0 Å². The van der Waals surface area contributed by atoms with E-state index in [-0.39, 0.29) is 10.7 Å². The van der Waals surface area contributed by atoms with Gasteiger partial charge in [0.1, 0.15) is 5.76 Å². The molecule has 1 aromatic heterocycles. The Morgan fingerprint density at radius 1 is 1.33 bits per heavy atom. The molecule has 0 saturated heterocycles. The van der Waals surface area contributed by atoms with Crippen LogP contribution in [0.2, 0.25) is 0 Å². The minimum Gasteiger partial charge on any atom is -0.455 e. The molecule has 1 amide bonds. The predicted molar refractivity (Wildman–Crippen MR) is 81.7 cm³/mol. The van der Waals surface area contributed by atoms with E-state index in [1.165, 1.54) is 18.2 Å². The molecule has 2 aromatic rings. The van der Waals surface area contributed by atoms with Crippen LogP contribution in [-0.4, -0.2) is 20.6 Å². The minimum atomic E-state index is -3.81. The van der Waals surface area contributed by atoms with Crippen molar-refractivity contribution >= 4 is 33.4 Å². The zero-order valence-corrected chi connectivity index (χ0v) is 12.8. The van der Waals surface area contributed by atoms with Crippen molar-refractivity contribution < 1.29 is 17.6 Å². The second-order valence-corrected chi connectivity index (χ2v) is 6.65. The van der Waals surface area contributed by atoms with E-state index in [9.17, 15) is 13.2 Å². The fourth-order valence-corrected chi connectivity index (χ4v) is 2.66. The van der Waals surface area contributed by atoms with Crippen LogP contribution >= 0.6 is 11.8 Å². The Hall–Kier alpha value is -1.77. The summed E-state index contributed by atoms with van der Waals surface area (Å²) in [6, 6.07) is 9.01. The lowest BCUT2D eigenvalue weighted by molar-refractivity contribution is 0.0995. The molecule has 2 rings (SSSR count). The van der Waals surface area contributed by atoms with E-state index in [0.29, 0.717) is 17.2 Å². The Kier molecular flexibility index (Phi) is 4.71. The largest absolute Gasteiger partial charge is 0.455 e. The molecule has 21 heavy (non-hydrogen) atoms. The van der Waals surface area contributed by atoms with Gasteiger partial charge in [0.2, 0.25) is 10.0 Å². The summed E-state index contributed by atoms with van der Waals surface area (Å²) >= 11 is 1.58. The summed E-state index contributed by atoms with van der Waals surface area (Å²) in [5.74, 6) is 1.09. The molecule has 0 radical (unpaired) electrons. The van der Waals surface area contributed by atoms with Gasteiger partial charge in [-0.3, -0.25) is 4.79 Å². The first kappa shape index (κ1) is 15.6. The second kappa shape index (κ2) is 6.33. The highest BCUT2D eigenvalue weighted by Gasteiger charge is 2.13. The Balaban J connectivity index is 2.15. The number of nitrogens with two attached hydrogens (primary N) is 1. The predicted octanol–water partition coefficient (Wildman–Crippen LogP) is 2.04. The first-order valence-corrected chi connectivity index (χ1v) is 8.86. The lowest BCUT2D eigenvalue weighted by Crippen LogP contribution is -2.14. The highest BCUT2D eigenvalue weighted by Crippen LogP contribution is 2.17. The van der Waals surface area contributed by atoms with Gasteiger partial charge < -0.3 is 9.73 Å². The topological polar surface area (TPSA) is 102 Å². The summed E-state index contributed by atoms with van der Waals surface area (Å²) in [6.45, 7) is 0. The van der Waals surface area contributed by atoms with Gasteiger partial charge in [-0.2, -0.15) is 11.8 Å². The van der Waals surface area contributed by atoms with Crippen molar-refractivity contribution in [2.24, 2.45) is 5.14 Å². The average molecular weight is 326 g/mol. The molecule has 0 atom stereocenters. The van der Waals surface area contributed by atoms with Crippen LogP contribution in [0.1, 0.15) is 16.3 Å². The number of carbonyl (C=O) groups is 1. The summed E-state index contributed by atoms with van der Waals surface area (Å²) in [5.41, 5.74) is 0.328. The van der Waals surface area contributed by atoms with E-state index >= 15 is 0 Å². The normalized spacial score (nSPS) is 11.3. The number of sulfonamides is 1. The van der Waals surface area contributed by atoms with Crippen LogP contribution in [0.25, 0.3) is 0 Å². The molecule has 0 aliphatic carbocycles. The van der Waals surface area contributed by atoms with Gasteiger partial charge in [0, 0.05) is 5.69 Å². The third-order valence-corrected chi connectivity index (χ3v) is 4.08. The zero-order chi connectivity index (χ0) is 15.5. The van der Waals surface area contributed by atoms with Crippen LogP contribution in [-0.2, 0) is 15.8 Å². The lowest BCUT2D eigenvalue weighted by atomic mass is 10.3. The molecule has 0 aliphatic heterocycles. The molecule has 3 N–H and O–H groups in total. The van der Waals surface area contributed by atoms with E-state index in [0.717, 1.165) is 0 Å². The van der Waals surface area contributed by atoms with Crippen molar-refractivity contribution in [1.29, 1.82) is 0 Å². The second-order valence-electron chi connectivity index (χ2n) is 4.23. The Labute approximate surface area is 126 Å². The van der Waals surface area contributed by atoms with Gasteiger partial charge in [-0.1, -0.05) is 6.07 Å². The van der Waals surface area contributed by atoms with E-state index in [2.05, 4.69) is 5.32 Å². The highest BCUT2D eigenvalue weighted by atomic mass is 32.2. The van der Waals surface area contributed by atoms with Gasteiger partial charge in [0.15, 0.2) is 5.76 Å². The Morgan fingerprint density at radius 2 is 2.10 bits per heavy atom. The summed E-state index contributed by atoms with van der Waals surface area (Å²) in [7, 11) is -3.81. The lowest BCUT2D eigenvalue weighted by Gasteiger charge is -2.05. The first-order valence-electron chi connectivity index (χ1n) is 5.92. The standard InChI is InChI=1S/C13H14N2O4S2/c1-20-8-10-5-6-12(19-10)13(16)15-9-3-2-4-11(7-9)21(14,17)18/h2-7H,8H2,1H3,(H,15,16)(H2,14,17,18). The number of hydrogen-bond acceptors (Lipinski definition) is 5. The molecule has 8 heteroatoms. The number of nitrogens with one attached hydrogen (secondary N) is 1. The summed E-state index contributed by atoms with van der Waals surface area (Å²) < 4.78 is 27.9. The maximum atomic E-state index is 12.0. The fraction of sp³-hybridized carbons (Fsp3) is 0.154. The van der Waals surface area contributed by atoms with E-state index in [1.807, 2.05) is 6.26 Å². The van der Waals surface area contributed by atoms with Crippen LogP contribution in [0.3, 0.4) is 0 Å². The zero-order valence-electron chi connectivity index (χ0n) is 11.2. The number of hydrogen-bond donors (Lipinski definition) is 2. The molecule has 0 unspecified atom stereocenters. The number of carbonyl (C=O) groups excluding carboxylic acids is 1. The highest BCUT2D eigenvalue weighted by molar-refractivity contribution is 7.97. The van der Waals surface area contributed by atoms with Gasteiger partial charge >= 0.3 is 0 Å². The van der Waals surface area contributed by atoms with Gasteiger partial charge in [-0.05, 0) is 36.6 Å². The van der Waals surface area contributed by atoms with Gasteiger partial charge in [0.05, 0.1) is 10.6 Å². The first-order chi connectivity index (χ1) is 9.90. The number of furan rings is 1. The molecule has 0 aliphatic rings. The maximum Gasteiger partial charge on any atom is 0.291 e. The van der Waals surface area contributed by atoms with Crippen LogP contribution < -0.4 is 10.5 Å². The molecular formula is C13H14N2O4S2. The number of rotatable bonds is 5. The van der Waals surface area contributed by atoms with Crippen molar-refractivity contribution in [2.75, 3.05) is 11.6 Å². The quantitative estimate of drug-likeness (QED) is 0.875. The number of thioether (sulfide) groups is 1. The Bertz CT molecular complexity index is 753. The number of anilines is 1. The van der Waals surface area contributed by atoms with Crippen molar-refractivity contribution in [1.82, 2.24) is 0 Å². The van der Waals surface area contributed by atoms with Gasteiger partial charge in [-0.25, -0.2) is 13.6 Å². The van der Waals surface area contributed by atoms with E-state index in [1.54, 1.807) is 30.0 Å². The molecule has 1 heterocycles. The third-order valence-electron chi connectivity index (χ3n) is 2.59. The number of amides is 1. The molecule has 1 aromatic carbocycles. The Morgan fingerprint density at radius 3 is 2.76 bits per heavy atom. The summed E-state index contributed by atoms with van der Waals surface area (Å²) in [4.78, 5) is 11.9. The van der Waals surface area contributed by atoms with Crippen molar-refractivity contribution in [3.05, 3.63) is 47.9 Å². The minimum absolute atomic E-state index is 0.0668. The van der Waals surface area contributed by atoms with Gasteiger partial charge in [0.25, 0.3) is 5.91 Å². The van der Waals surface area contributed by atoms with E-state index < -0.39 is 15.9 Å². The van der Waals surface area contributed by atoms with Crippen molar-refractivity contribution in [3.63, 3.8) is 0 Å². The third kappa shape index (κ3) is 4.10. The monoisotopic (exact) mass is 326 g/mol. The number of primary sulfonamides is 1. The molecule has 0 fully saturated rings. The van der Waals surface area contributed by atoms with Crippen LogP contribution in [0.5, 0.6) is 0 Å².